The number of esters is 1. The minimum atomic E-state index is -0.280. The van der Waals surface area contributed by atoms with E-state index in [0.717, 1.165) is 41.4 Å². The molecule has 2 atom stereocenters. The molecule has 1 aromatic heterocycles. The fourth-order valence-corrected chi connectivity index (χ4v) is 3.93. The van der Waals surface area contributed by atoms with Crippen molar-refractivity contribution in [2.75, 3.05) is 13.1 Å². The normalized spacial score (nSPS) is 19.5. The summed E-state index contributed by atoms with van der Waals surface area (Å²) in [6.45, 7) is 9.01. The van der Waals surface area contributed by atoms with Crippen LogP contribution in [0.2, 0.25) is 0 Å². The van der Waals surface area contributed by atoms with Crippen LogP contribution < -0.4 is 0 Å². The minimum absolute atomic E-state index is 0.112. The van der Waals surface area contributed by atoms with Crippen molar-refractivity contribution >= 4 is 23.2 Å². The summed E-state index contributed by atoms with van der Waals surface area (Å²) in [7, 11) is 0. The van der Waals surface area contributed by atoms with E-state index in [1.165, 1.54) is 0 Å². The molecular weight excluding hydrogens is 312 g/mol. The Morgan fingerprint density at radius 3 is 2.78 bits per heavy atom. The topological polar surface area (TPSA) is 59.5 Å². The van der Waals surface area contributed by atoms with Gasteiger partial charge in [0, 0.05) is 19.5 Å². The standard InChI is InChI=1S/C17H26N2O3S/c1-5-14-18-11(3)16(23-14)12(4)22-17(21)13-8-7-9-19(10-13)15(20)6-2/h12-13H,5-10H2,1-4H3. The molecule has 1 amide bonds. The lowest BCUT2D eigenvalue weighted by atomic mass is 9.98. The van der Waals surface area contributed by atoms with Crippen LogP contribution in [0.1, 0.15) is 61.7 Å². The van der Waals surface area contributed by atoms with Crippen molar-refractivity contribution in [3.63, 3.8) is 0 Å². The molecule has 2 unspecified atom stereocenters. The molecule has 2 rings (SSSR count). The third-order valence-electron chi connectivity index (χ3n) is 4.25. The SMILES string of the molecule is CCC(=O)N1CCCC(C(=O)OC(C)c2sc(CC)nc2C)C1. The van der Waals surface area contributed by atoms with Crippen LogP contribution in [0.15, 0.2) is 0 Å². The summed E-state index contributed by atoms with van der Waals surface area (Å²) in [4.78, 5) is 31.6. The number of likely N-dealkylation sites (tertiary alicyclic amines) is 1. The van der Waals surface area contributed by atoms with E-state index in [1.807, 2.05) is 20.8 Å². The zero-order chi connectivity index (χ0) is 17.0. The van der Waals surface area contributed by atoms with E-state index in [-0.39, 0.29) is 23.9 Å². The Kier molecular flexibility index (Phi) is 6.16. The maximum absolute atomic E-state index is 12.4. The van der Waals surface area contributed by atoms with Gasteiger partial charge in [0.2, 0.25) is 5.91 Å². The lowest BCUT2D eigenvalue weighted by Crippen LogP contribution is -2.42. The molecule has 1 aliphatic heterocycles. The molecule has 1 fully saturated rings. The number of carbonyl (C=O) groups is 2. The molecule has 0 N–H and O–H groups in total. The maximum atomic E-state index is 12.4. The monoisotopic (exact) mass is 338 g/mol. The van der Waals surface area contributed by atoms with Gasteiger partial charge in [0.05, 0.1) is 21.5 Å². The van der Waals surface area contributed by atoms with Crippen molar-refractivity contribution in [2.45, 2.75) is 59.5 Å². The number of nitrogens with zero attached hydrogens (tertiary/aromatic N) is 2. The number of aromatic nitrogens is 1. The van der Waals surface area contributed by atoms with Gasteiger partial charge in [-0.15, -0.1) is 11.3 Å². The zero-order valence-electron chi connectivity index (χ0n) is 14.4. The second-order valence-corrected chi connectivity index (χ2v) is 7.14. The third-order valence-corrected chi connectivity index (χ3v) is 5.71. The van der Waals surface area contributed by atoms with Gasteiger partial charge in [-0.25, -0.2) is 4.98 Å². The molecule has 1 aromatic rings. The van der Waals surface area contributed by atoms with Crippen molar-refractivity contribution in [3.05, 3.63) is 15.6 Å². The smallest absolute Gasteiger partial charge is 0.311 e. The highest BCUT2D eigenvalue weighted by molar-refractivity contribution is 7.11. The number of rotatable bonds is 5. The van der Waals surface area contributed by atoms with E-state index in [2.05, 4.69) is 11.9 Å². The lowest BCUT2D eigenvalue weighted by Gasteiger charge is -2.32. The quantitative estimate of drug-likeness (QED) is 0.773. The first-order valence-electron chi connectivity index (χ1n) is 8.40. The summed E-state index contributed by atoms with van der Waals surface area (Å²) < 4.78 is 5.67. The van der Waals surface area contributed by atoms with Crippen LogP contribution >= 0.6 is 11.3 Å². The molecule has 0 aliphatic carbocycles. The average Bonchev–Trinajstić information content (AvgIpc) is 2.95. The molecule has 0 spiro atoms. The second-order valence-electron chi connectivity index (χ2n) is 6.02. The largest absolute Gasteiger partial charge is 0.457 e. The summed E-state index contributed by atoms with van der Waals surface area (Å²) in [6.07, 6.45) is 2.75. The van der Waals surface area contributed by atoms with Crippen LogP contribution in [0, 0.1) is 12.8 Å². The molecule has 5 nitrogen and oxygen atoms in total. The van der Waals surface area contributed by atoms with Crippen molar-refractivity contribution < 1.29 is 14.3 Å². The molecule has 0 bridgehead atoms. The molecule has 1 aliphatic rings. The van der Waals surface area contributed by atoms with E-state index in [4.69, 9.17) is 4.74 Å². The van der Waals surface area contributed by atoms with Crippen molar-refractivity contribution in [1.29, 1.82) is 0 Å². The summed E-state index contributed by atoms with van der Waals surface area (Å²) in [6, 6.07) is 0. The van der Waals surface area contributed by atoms with E-state index in [0.29, 0.717) is 13.0 Å². The Morgan fingerprint density at radius 2 is 2.17 bits per heavy atom. The number of aryl methyl sites for hydroxylation is 2. The van der Waals surface area contributed by atoms with Gasteiger partial charge < -0.3 is 9.64 Å². The average molecular weight is 338 g/mol. The number of hydrogen-bond acceptors (Lipinski definition) is 5. The first-order valence-corrected chi connectivity index (χ1v) is 9.22. The zero-order valence-corrected chi connectivity index (χ0v) is 15.2. The van der Waals surface area contributed by atoms with Gasteiger partial charge in [0.1, 0.15) is 6.10 Å². The van der Waals surface area contributed by atoms with Crippen LogP contribution in [0.5, 0.6) is 0 Å². The summed E-state index contributed by atoms with van der Waals surface area (Å²) in [5.41, 5.74) is 0.943. The van der Waals surface area contributed by atoms with E-state index >= 15 is 0 Å². The maximum Gasteiger partial charge on any atom is 0.311 e. The first-order chi connectivity index (χ1) is 11.0. The predicted molar refractivity (Wildman–Crippen MR) is 90.3 cm³/mol. The number of thiazole rings is 1. The van der Waals surface area contributed by atoms with Gasteiger partial charge in [-0.1, -0.05) is 13.8 Å². The molecule has 0 saturated carbocycles. The highest BCUT2D eigenvalue weighted by Crippen LogP contribution is 2.29. The number of ether oxygens (including phenoxy) is 1. The summed E-state index contributed by atoms with van der Waals surface area (Å²) in [5, 5.41) is 1.07. The minimum Gasteiger partial charge on any atom is -0.457 e. The van der Waals surface area contributed by atoms with Gasteiger partial charge in [0.25, 0.3) is 0 Å². The van der Waals surface area contributed by atoms with Crippen LogP contribution in [0.25, 0.3) is 0 Å². The second kappa shape index (κ2) is 7.90. The molecule has 1 saturated heterocycles. The lowest BCUT2D eigenvalue weighted by molar-refractivity contribution is -0.156. The van der Waals surface area contributed by atoms with Gasteiger partial charge >= 0.3 is 5.97 Å². The first kappa shape index (κ1) is 17.9. The number of carbonyl (C=O) groups excluding carboxylic acids is 2. The Hall–Kier alpha value is -1.43. The Morgan fingerprint density at radius 1 is 1.43 bits per heavy atom. The van der Waals surface area contributed by atoms with Gasteiger partial charge in [-0.3, -0.25) is 9.59 Å². The number of hydrogen-bond donors (Lipinski definition) is 0. The summed E-state index contributed by atoms with van der Waals surface area (Å²) in [5.74, 6) is -0.293. The van der Waals surface area contributed by atoms with E-state index < -0.39 is 0 Å². The number of piperidine rings is 1. The molecule has 6 heteroatoms. The van der Waals surface area contributed by atoms with E-state index in [9.17, 15) is 9.59 Å². The molecule has 23 heavy (non-hydrogen) atoms. The fraction of sp³-hybridized carbons (Fsp3) is 0.706. The fourth-order valence-electron chi connectivity index (χ4n) is 2.94. The predicted octanol–water partition coefficient (Wildman–Crippen LogP) is 3.27. The highest BCUT2D eigenvalue weighted by Gasteiger charge is 2.30. The van der Waals surface area contributed by atoms with Gasteiger partial charge in [-0.05, 0) is 33.1 Å². The van der Waals surface area contributed by atoms with Crippen molar-refractivity contribution in [3.8, 4) is 0 Å². The van der Waals surface area contributed by atoms with Crippen LogP contribution in [0.4, 0.5) is 0 Å². The molecular formula is C17H26N2O3S. The van der Waals surface area contributed by atoms with Gasteiger partial charge in [0.15, 0.2) is 0 Å². The van der Waals surface area contributed by atoms with Crippen molar-refractivity contribution in [1.82, 2.24) is 9.88 Å². The molecule has 0 aromatic carbocycles. The molecule has 128 valence electrons. The Bertz CT molecular complexity index is 570. The highest BCUT2D eigenvalue weighted by atomic mass is 32.1. The van der Waals surface area contributed by atoms with Crippen molar-refractivity contribution in [2.24, 2.45) is 5.92 Å². The summed E-state index contributed by atoms with van der Waals surface area (Å²) >= 11 is 1.61. The molecule has 0 radical (unpaired) electrons. The van der Waals surface area contributed by atoms with Crippen LogP contribution in [-0.4, -0.2) is 34.8 Å². The Labute approximate surface area is 142 Å². The molecule has 2 heterocycles. The van der Waals surface area contributed by atoms with Crippen LogP contribution in [0.3, 0.4) is 0 Å². The number of amides is 1. The third kappa shape index (κ3) is 4.31. The van der Waals surface area contributed by atoms with Crippen LogP contribution in [-0.2, 0) is 20.7 Å². The Balaban J connectivity index is 1.97. The van der Waals surface area contributed by atoms with E-state index in [1.54, 1.807) is 16.2 Å². The van der Waals surface area contributed by atoms with Gasteiger partial charge in [-0.2, -0.15) is 0 Å².